The van der Waals surface area contributed by atoms with E-state index in [1.54, 1.807) is 17.5 Å². The molecule has 0 N–H and O–H groups in total. The van der Waals surface area contributed by atoms with E-state index < -0.39 is 0 Å². The van der Waals surface area contributed by atoms with Crippen LogP contribution in [0.5, 0.6) is 6.01 Å². The third kappa shape index (κ3) is 3.43. The molecule has 1 atom stereocenters. The fraction of sp³-hybridized carbons (Fsp3) is 0.588. The van der Waals surface area contributed by atoms with E-state index in [1.807, 2.05) is 19.9 Å². The van der Waals surface area contributed by atoms with Crippen LogP contribution in [0.3, 0.4) is 0 Å². The van der Waals surface area contributed by atoms with Crippen molar-refractivity contribution in [1.82, 2.24) is 19.9 Å². The van der Waals surface area contributed by atoms with Gasteiger partial charge in [0, 0.05) is 48.9 Å². The largest absolute Gasteiger partial charge is 0.460 e. The third-order valence-electron chi connectivity index (χ3n) is 4.54. The number of ether oxygens (including phenoxy) is 2. The molecule has 4 heterocycles. The van der Waals surface area contributed by atoms with Gasteiger partial charge in [0.25, 0.3) is 0 Å². The fourth-order valence-corrected chi connectivity index (χ4v) is 4.30. The number of thiazole rings is 1. The predicted molar refractivity (Wildman–Crippen MR) is 91.2 cm³/mol. The van der Waals surface area contributed by atoms with Crippen molar-refractivity contribution in [2.24, 2.45) is 0 Å². The molecule has 1 spiro atoms. The molecular formula is C17H22N4O2S. The number of aryl methyl sites for hydroxylation is 2. The number of nitrogens with zero attached hydrogens (tertiary/aromatic N) is 4. The van der Waals surface area contributed by atoms with Gasteiger partial charge in [0.1, 0.15) is 11.1 Å². The van der Waals surface area contributed by atoms with Gasteiger partial charge in [-0.25, -0.2) is 15.0 Å². The second-order valence-electron chi connectivity index (χ2n) is 6.77. The normalized spacial score (nSPS) is 23.2. The van der Waals surface area contributed by atoms with E-state index in [-0.39, 0.29) is 11.7 Å². The Kier molecular flexibility index (Phi) is 4.24. The molecule has 2 saturated heterocycles. The molecule has 4 rings (SSSR count). The minimum absolute atomic E-state index is 0.0704. The summed E-state index contributed by atoms with van der Waals surface area (Å²) >= 11 is 1.73. The van der Waals surface area contributed by atoms with Gasteiger partial charge in [-0.1, -0.05) is 0 Å². The van der Waals surface area contributed by atoms with E-state index in [9.17, 15) is 0 Å². The van der Waals surface area contributed by atoms with Crippen LogP contribution in [0.4, 0.5) is 0 Å². The summed E-state index contributed by atoms with van der Waals surface area (Å²) in [5.74, 6) is 0. The molecule has 0 amide bonds. The Morgan fingerprint density at radius 3 is 2.96 bits per heavy atom. The van der Waals surface area contributed by atoms with Crippen LogP contribution in [0.1, 0.15) is 29.2 Å². The molecule has 6 nitrogen and oxygen atoms in total. The summed E-state index contributed by atoms with van der Waals surface area (Å²) < 4.78 is 12.1. The number of hydrogen-bond donors (Lipinski definition) is 0. The smallest absolute Gasteiger partial charge is 0.316 e. The van der Waals surface area contributed by atoms with Crippen molar-refractivity contribution in [3.8, 4) is 6.01 Å². The molecule has 0 aromatic carbocycles. The van der Waals surface area contributed by atoms with Gasteiger partial charge in [-0.3, -0.25) is 4.90 Å². The zero-order chi connectivity index (χ0) is 16.6. The summed E-state index contributed by atoms with van der Waals surface area (Å²) in [4.78, 5) is 15.5. The maximum Gasteiger partial charge on any atom is 0.316 e. The van der Waals surface area contributed by atoms with E-state index in [0.717, 1.165) is 50.5 Å². The van der Waals surface area contributed by atoms with Crippen molar-refractivity contribution in [1.29, 1.82) is 0 Å². The lowest BCUT2D eigenvalue weighted by atomic mass is 9.85. The van der Waals surface area contributed by atoms with Crippen LogP contribution < -0.4 is 4.74 Å². The molecule has 0 radical (unpaired) electrons. The van der Waals surface area contributed by atoms with Crippen LogP contribution in [-0.4, -0.2) is 51.3 Å². The average molecular weight is 346 g/mol. The Labute approximate surface area is 145 Å². The lowest BCUT2D eigenvalue weighted by Crippen LogP contribution is -2.65. The van der Waals surface area contributed by atoms with Gasteiger partial charge in [0.15, 0.2) is 0 Å². The van der Waals surface area contributed by atoms with Crippen LogP contribution in [-0.2, 0) is 11.3 Å². The summed E-state index contributed by atoms with van der Waals surface area (Å²) in [6, 6.07) is 2.36. The van der Waals surface area contributed by atoms with Crippen LogP contribution in [0.15, 0.2) is 17.6 Å². The molecule has 0 bridgehead atoms. The zero-order valence-corrected chi connectivity index (χ0v) is 14.9. The minimum atomic E-state index is -0.0704. The Morgan fingerprint density at radius 1 is 1.33 bits per heavy atom. The first-order valence-corrected chi connectivity index (χ1v) is 9.22. The quantitative estimate of drug-likeness (QED) is 0.847. The lowest BCUT2D eigenvalue weighted by molar-refractivity contribution is -0.188. The highest BCUT2D eigenvalue weighted by Crippen LogP contribution is 2.36. The van der Waals surface area contributed by atoms with Gasteiger partial charge in [-0.15, -0.1) is 11.3 Å². The monoisotopic (exact) mass is 346 g/mol. The second-order valence-corrected chi connectivity index (χ2v) is 7.72. The fourth-order valence-electron chi connectivity index (χ4n) is 3.48. The topological polar surface area (TPSA) is 60.4 Å². The van der Waals surface area contributed by atoms with E-state index >= 15 is 0 Å². The maximum atomic E-state index is 6.09. The first kappa shape index (κ1) is 15.9. The highest BCUT2D eigenvalue weighted by molar-refractivity contribution is 7.09. The van der Waals surface area contributed by atoms with E-state index in [2.05, 4.69) is 25.2 Å². The molecule has 2 aliphatic rings. The Morgan fingerprint density at radius 2 is 2.21 bits per heavy atom. The molecule has 0 aliphatic carbocycles. The van der Waals surface area contributed by atoms with Gasteiger partial charge < -0.3 is 9.47 Å². The first-order chi connectivity index (χ1) is 11.6. The molecule has 24 heavy (non-hydrogen) atoms. The zero-order valence-electron chi connectivity index (χ0n) is 14.1. The molecule has 2 aliphatic heterocycles. The first-order valence-electron chi connectivity index (χ1n) is 8.34. The number of hydrogen-bond acceptors (Lipinski definition) is 7. The standard InChI is InChI=1S/C17H22N4O2S/c1-12-3-5-18-16(20-12)23-14-4-6-22-17(7-14)10-21(11-17)8-15-19-13(2)9-24-15/h3,5,9,14H,4,6-8,10-11H2,1-2H3. The third-order valence-corrected chi connectivity index (χ3v) is 5.49. The van der Waals surface area contributed by atoms with Gasteiger partial charge in [0.2, 0.25) is 0 Å². The van der Waals surface area contributed by atoms with E-state index in [4.69, 9.17) is 9.47 Å². The Bertz CT molecular complexity index is 714. The average Bonchev–Trinajstić information content (AvgIpc) is 2.91. The summed E-state index contributed by atoms with van der Waals surface area (Å²) in [6.45, 7) is 7.53. The maximum absolute atomic E-state index is 6.09. The van der Waals surface area contributed by atoms with Crippen molar-refractivity contribution in [3.63, 3.8) is 0 Å². The van der Waals surface area contributed by atoms with Crippen molar-refractivity contribution in [2.75, 3.05) is 19.7 Å². The molecule has 7 heteroatoms. The molecule has 2 aromatic heterocycles. The highest BCUT2D eigenvalue weighted by Gasteiger charge is 2.48. The summed E-state index contributed by atoms with van der Waals surface area (Å²) in [5, 5.41) is 3.28. The summed E-state index contributed by atoms with van der Waals surface area (Å²) in [7, 11) is 0. The van der Waals surface area contributed by atoms with Gasteiger partial charge in [-0.2, -0.15) is 0 Å². The minimum Gasteiger partial charge on any atom is -0.460 e. The van der Waals surface area contributed by atoms with Crippen LogP contribution >= 0.6 is 11.3 Å². The van der Waals surface area contributed by atoms with Crippen molar-refractivity contribution < 1.29 is 9.47 Å². The lowest BCUT2D eigenvalue weighted by Gasteiger charge is -2.52. The molecule has 1 unspecified atom stereocenters. The molecule has 2 aromatic rings. The van der Waals surface area contributed by atoms with Crippen molar-refractivity contribution in [3.05, 3.63) is 34.0 Å². The van der Waals surface area contributed by atoms with Gasteiger partial charge in [0.05, 0.1) is 18.8 Å². The summed E-state index contributed by atoms with van der Waals surface area (Å²) in [5.41, 5.74) is 1.96. The summed E-state index contributed by atoms with van der Waals surface area (Å²) in [6.07, 6.45) is 3.67. The Balaban J connectivity index is 1.32. The SMILES string of the molecule is Cc1ccnc(OC2CCOC3(C2)CN(Cc2nc(C)cs2)C3)n1. The molecule has 0 saturated carbocycles. The number of aromatic nitrogens is 3. The van der Waals surface area contributed by atoms with Crippen molar-refractivity contribution in [2.45, 2.75) is 44.9 Å². The van der Waals surface area contributed by atoms with Crippen LogP contribution in [0.2, 0.25) is 0 Å². The number of rotatable bonds is 4. The van der Waals surface area contributed by atoms with E-state index in [1.165, 1.54) is 5.01 Å². The molecule has 2 fully saturated rings. The van der Waals surface area contributed by atoms with Crippen molar-refractivity contribution >= 4 is 11.3 Å². The van der Waals surface area contributed by atoms with Gasteiger partial charge >= 0.3 is 6.01 Å². The van der Waals surface area contributed by atoms with Gasteiger partial charge in [-0.05, 0) is 19.9 Å². The second kappa shape index (κ2) is 6.38. The predicted octanol–water partition coefficient (Wildman–Crippen LogP) is 2.36. The highest BCUT2D eigenvalue weighted by atomic mass is 32.1. The molecular weight excluding hydrogens is 324 g/mol. The van der Waals surface area contributed by atoms with Crippen LogP contribution in [0.25, 0.3) is 0 Å². The number of likely N-dealkylation sites (tertiary alicyclic amines) is 1. The molecule has 128 valence electrons. The Hall–Kier alpha value is -1.57. The van der Waals surface area contributed by atoms with E-state index in [0.29, 0.717) is 6.01 Å². The van der Waals surface area contributed by atoms with Crippen LogP contribution in [0, 0.1) is 13.8 Å².